The average Bonchev–Trinajstić information content (AvgIpc) is 2.15. The van der Waals surface area contributed by atoms with E-state index in [0.29, 0.717) is 10.0 Å². The smallest absolute Gasteiger partial charge is 0.255 e. The Labute approximate surface area is 88.4 Å². The summed E-state index contributed by atoms with van der Waals surface area (Å²) >= 11 is 3.16. The SMILES string of the molecule is O=C(NCC(F)F)c1ccccc1Br. The normalized spacial score (nSPS) is 10.3. The molecule has 0 aromatic heterocycles. The van der Waals surface area contributed by atoms with Crippen LogP contribution >= 0.6 is 15.9 Å². The fourth-order valence-electron chi connectivity index (χ4n) is 0.910. The van der Waals surface area contributed by atoms with Crippen LogP contribution in [0.5, 0.6) is 0 Å². The van der Waals surface area contributed by atoms with Gasteiger partial charge in [-0.2, -0.15) is 0 Å². The Morgan fingerprint density at radius 3 is 2.64 bits per heavy atom. The van der Waals surface area contributed by atoms with Crippen LogP contribution in [0.4, 0.5) is 8.78 Å². The molecule has 0 saturated carbocycles. The highest BCUT2D eigenvalue weighted by Crippen LogP contribution is 2.15. The highest BCUT2D eigenvalue weighted by atomic mass is 79.9. The van der Waals surface area contributed by atoms with Crippen LogP contribution in [0, 0.1) is 0 Å². The van der Waals surface area contributed by atoms with E-state index in [9.17, 15) is 13.6 Å². The van der Waals surface area contributed by atoms with Gasteiger partial charge >= 0.3 is 0 Å². The fraction of sp³-hybridized carbons (Fsp3) is 0.222. The van der Waals surface area contributed by atoms with Crippen molar-refractivity contribution in [1.29, 1.82) is 0 Å². The van der Waals surface area contributed by atoms with E-state index in [-0.39, 0.29) is 0 Å². The van der Waals surface area contributed by atoms with Crippen molar-refractivity contribution >= 4 is 21.8 Å². The van der Waals surface area contributed by atoms with Gasteiger partial charge in [-0.3, -0.25) is 4.79 Å². The Bertz CT molecular complexity index is 330. The van der Waals surface area contributed by atoms with Crippen LogP contribution in [0.3, 0.4) is 0 Å². The second-order valence-electron chi connectivity index (χ2n) is 2.58. The summed E-state index contributed by atoms with van der Waals surface area (Å²) < 4.78 is 24.2. The number of nitrogens with one attached hydrogen (secondary N) is 1. The van der Waals surface area contributed by atoms with Gasteiger partial charge in [-0.05, 0) is 28.1 Å². The van der Waals surface area contributed by atoms with Crippen LogP contribution in [0.2, 0.25) is 0 Å². The molecule has 0 aliphatic carbocycles. The van der Waals surface area contributed by atoms with Crippen molar-refractivity contribution < 1.29 is 13.6 Å². The van der Waals surface area contributed by atoms with E-state index in [0.717, 1.165) is 0 Å². The van der Waals surface area contributed by atoms with Crippen molar-refractivity contribution in [3.05, 3.63) is 34.3 Å². The summed E-state index contributed by atoms with van der Waals surface area (Å²) in [6, 6.07) is 6.65. The summed E-state index contributed by atoms with van der Waals surface area (Å²) in [5, 5.41) is 2.12. The van der Waals surface area contributed by atoms with Crippen molar-refractivity contribution in [3.63, 3.8) is 0 Å². The second-order valence-corrected chi connectivity index (χ2v) is 3.44. The van der Waals surface area contributed by atoms with Gasteiger partial charge in [-0.25, -0.2) is 8.78 Å². The van der Waals surface area contributed by atoms with Gasteiger partial charge in [0.25, 0.3) is 12.3 Å². The van der Waals surface area contributed by atoms with Gasteiger partial charge in [0, 0.05) is 4.47 Å². The van der Waals surface area contributed by atoms with Crippen molar-refractivity contribution in [2.45, 2.75) is 6.43 Å². The van der Waals surface area contributed by atoms with Gasteiger partial charge in [0.05, 0.1) is 12.1 Å². The van der Waals surface area contributed by atoms with Crippen molar-refractivity contribution in [2.75, 3.05) is 6.54 Å². The maximum absolute atomic E-state index is 11.8. The zero-order chi connectivity index (χ0) is 10.6. The highest BCUT2D eigenvalue weighted by Gasteiger charge is 2.10. The molecule has 0 saturated heterocycles. The van der Waals surface area contributed by atoms with Crippen molar-refractivity contribution in [3.8, 4) is 0 Å². The Balaban J connectivity index is 2.65. The van der Waals surface area contributed by atoms with Gasteiger partial charge in [-0.1, -0.05) is 12.1 Å². The standard InChI is InChI=1S/C9H8BrF2NO/c10-7-4-2-1-3-6(7)9(14)13-5-8(11)12/h1-4,8H,5H2,(H,13,14). The zero-order valence-corrected chi connectivity index (χ0v) is 8.72. The lowest BCUT2D eigenvalue weighted by Crippen LogP contribution is -2.28. The first-order chi connectivity index (χ1) is 6.61. The minimum atomic E-state index is -2.53. The number of carbonyl (C=O) groups is 1. The van der Waals surface area contributed by atoms with E-state index in [2.05, 4.69) is 21.2 Å². The molecule has 76 valence electrons. The van der Waals surface area contributed by atoms with Crippen molar-refractivity contribution in [1.82, 2.24) is 5.32 Å². The topological polar surface area (TPSA) is 29.1 Å². The molecule has 0 aliphatic rings. The van der Waals surface area contributed by atoms with E-state index < -0.39 is 18.9 Å². The molecule has 1 amide bonds. The zero-order valence-electron chi connectivity index (χ0n) is 7.14. The van der Waals surface area contributed by atoms with E-state index in [1.54, 1.807) is 24.3 Å². The minimum absolute atomic E-state index is 0.355. The Morgan fingerprint density at radius 2 is 2.07 bits per heavy atom. The molecule has 0 aliphatic heterocycles. The van der Waals surface area contributed by atoms with E-state index in [4.69, 9.17) is 0 Å². The second kappa shape index (κ2) is 5.05. The van der Waals surface area contributed by atoms with Crippen LogP contribution in [0.25, 0.3) is 0 Å². The Kier molecular flexibility index (Phi) is 4.00. The van der Waals surface area contributed by atoms with E-state index in [1.165, 1.54) is 0 Å². The van der Waals surface area contributed by atoms with Gasteiger partial charge < -0.3 is 5.32 Å². The number of benzene rings is 1. The summed E-state index contributed by atoms with van der Waals surface area (Å²) in [6.45, 7) is -0.625. The van der Waals surface area contributed by atoms with E-state index in [1.807, 2.05) is 0 Å². The Morgan fingerprint density at radius 1 is 1.43 bits per heavy atom. The molecule has 1 aromatic rings. The molecule has 0 heterocycles. The number of alkyl halides is 2. The molecule has 0 radical (unpaired) electrons. The van der Waals surface area contributed by atoms with Crippen LogP contribution in [-0.2, 0) is 0 Å². The summed E-state index contributed by atoms with van der Waals surface area (Å²) in [6.07, 6.45) is -2.53. The summed E-state index contributed by atoms with van der Waals surface area (Å²) in [7, 11) is 0. The first-order valence-electron chi connectivity index (χ1n) is 3.92. The van der Waals surface area contributed by atoms with Gasteiger partial charge in [-0.15, -0.1) is 0 Å². The molecule has 5 heteroatoms. The quantitative estimate of drug-likeness (QED) is 0.892. The molecule has 14 heavy (non-hydrogen) atoms. The van der Waals surface area contributed by atoms with Gasteiger partial charge in [0.1, 0.15) is 0 Å². The third-order valence-electron chi connectivity index (χ3n) is 1.54. The predicted octanol–water partition coefficient (Wildman–Crippen LogP) is 2.44. The summed E-state index contributed by atoms with van der Waals surface area (Å²) in [5.41, 5.74) is 0.355. The lowest BCUT2D eigenvalue weighted by atomic mass is 10.2. The third kappa shape index (κ3) is 3.06. The van der Waals surface area contributed by atoms with Crippen molar-refractivity contribution in [2.24, 2.45) is 0 Å². The molecule has 1 aromatic carbocycles. The lowest BCUT2D eigenvalue weighted by Gasteiger charge is -2.05. The fourth-order valence-corrected chi connectivity index (χ4v) is 1.38. The highest BCUT2D eigenvalue weighted by molar-refractivity contribution is 9.10. The molecule has 0 bridgehead atoms. The number of hydrogen-bond acceptors (Lipinski definition) is 1. The van der Waals surface area contributed by atoms with Crippen LogP contribution in [0.15, 0.2) is 28.7 Å². The molecule has 0 unspecified atom stereocenters. The molecule has 2 nitrogen and oxygen atoms in total. The first-order valence-corrected chi connectivity index (χ1v) is 4.71. The molecule has 0 atom stereocenters. The number of halogens is 3. The monoisotopic (exact) mass is 263 g/mol. The number of hydrogen-bond donors (Lipinski definition) is 1. The van der Waals surface area contributed by atoms with E-state index >= 15 is 0 Å². The average molecular weight is 264 g/mol. The number of amides is 1. The first kappa shape index (κ1) is 11.1. The lowest BCUT2D eigenvalue weighted by molar-refractivity contribution is 0.0891. The molecular formula is C9H8BrF2NO. The van der Waals surface area contributed by atoms with Crippen LogP contribution in [0.1, 0.15) is 10.4 Å². The molecule has 1 rings (SSSR count). The molecular weight excluding hydrogens is 256 g/mol. The molecule has 0 spiro atoms. The van der Waals surface area contributed by atoms with Crippen LogP contribution < -0.4 is 5.32 Å². The molecule has 1 N–H and O–H groups in total. The maximum atomic E-state index is 11.8. The summed E-state index contributed by atoms with van der Waals surface area (Å²) in [4.78, 5) is 11.3. The molecule has 0 fully saturated rings. The summed E-state index contributed by atoms with van der Waals surface area (Å²) in [5.74, 6) is -0.502. The largest absolute Gasteiger partial charge is 0.346 e. The number of rotatable bonds is 3. The minimum Gasteiger partial charge on any atom is -0.346 e. The van der Waals surface area contributed by atoms with Gasteiger partial charge in [0.15, 0.2) is 0 Å². The number of carbonyl (C=O) groups excluding carboxylic acids is 1. The maximum Gasteiger partial charge on any atom is 0.255 e. The van der Waals surface area contributed by atoms with Crippen LogP contribution in [-0.4, -0.2) is 18.9 Å². The Hall–Kier alpha value is -0.970. The third-order valence-corrected chi connectivity index (χ3v) is 2.23. The van der Waals surface area contributed by atoms with Gasteiger partial charge in [0.2, 0.25) is 0 Å². The predicted molar refractivity (Wildman–Crippen MR) is 52.5 cm³/mol.